The van der Waals surface area contributed by atoms with Crippen molar-refractivity contribution >= 4 is 6.09 Å². The number of benzene rings is 1. The number of phenols is 1. The summed E-state index contributed by atoms with van der Waals surface area (Å²) in [6, 6.07) is 2.66. The number of ether oxygens (including phenoxy) is 1. The van der Waals surface area contributed by atoms with Crippen LogP contribution in [0.1, 0.15) is 17.2 Å². The third-order valence-electron chi connectivity index (χ3n) is 2.63. The molecule has 1 atom stereocenters. The molecule has 4 nitrogen and oxygen atoms in total. The molecule has 0 saturated carbocycles. The SMILES string of the molecule is Cc1cc([C@@H]2NC(=O)OCC2(F)F)ccc1O. The first-order valence-electron chi connectivity index (χ1n) is 5.01. The molecule has 1 saturated heterocycles. The van der Waals surface area contributed by atoms with Gasteiger partial charge in [0.15, 0.2) is 6.61 Å². The highest BCUT2D eigenvalue weighted by molar-refractivity contribution is 5.69. The average Bonchev–Trinajstić information content (AvgIpc) is 2.26. The first-order chi connectivity index (χ1) is 7.90. The molecule has 0 bridgehead atoms. The summed E-state index contributed by atoms with van der Waals surface area (Å²) in [4.78, 5) is 11.0. The van der Waals surface area contributed by atoms with E-state index in [1.807, 2.05) is 0 Å². The highest BCUT2D eigenvalue weighted by Crippen LogP contribution is 2.35. The Morgan fingerprint density at radius 1 is 1.53 bits per heavy atom. The lowest BCUT2D eigenvalue weighted by Gasteiger charge is -2.32. The third kappa shape index (κ3) is 2.15. The van der Waals surface area contributed by atoms with Crippen LogP contribution in [-0.4, -0.2) is 23.7 Å². The number of alkyl halides is 2. The van der Waals surface area contributed by atoms with Crippen molar-refractivity contribution in [1.82, 2.24) is 5.32 Å². The molecule has 1 aliphatic heterocycles. The zero-order chi connectivity index (χ0) is 12.6. The van der Waals surface area contributed by atoms with Crippen LogP contribution in [0, 0.1) is 6.92 Å². The van der Waals surface area contributed by atoms with E-state index in [2.05, 4.69) is 10.1 Å². The fourth-order valence-corrected chi connectivity index (χ4v) is 1.70. The molecule has 1 aliphatic rings. The van der Waals surface area contributed by atoms with E-state index in [9.17, 15) is 18.7 Å². The maximum atomic E-state index is 13.6. The van der Waals surface area contributed by atoms with Crippen LogP contribution in [0.15, 0.2) is 18.2 Å². The van der Waals surface area contributed by atoms with Gasteiger partial charge in [-0.2, -0.15) is 0 Å². The molecule has 1 fully saturated rings. The van der Waals surface area contributed by atoms with Gasteiger partial charge in [0.05, 0.1) is 0 Å². The number of aromatic hydroxyl groups is 1. The summed E-state index contributed by atoms with van der Waals surface area (Å²) < 4.78 is 31.4. The molecule has 2 rings (SSSR count). The number of alkyl carbamates (subject to hydrolysis) is 1. The number of aryl methyl sites for hydroxylation is 1. The number of hydrogen-bond acceptors (Lipinski definition) is 3. The summed E-state index contributed by atoms with van der Waals surface area (Å²) in [5.74, 6) is -3.15. The van der Waals surface area contributed by atoms with Crippen LogP contribution in [0.2, 0.25) is 0 Å². The number of amides is 1. The molecule has 2 N–H and O–H groups in total. The second-order valence-electron chi connectivity index (χ2n) is 3.96. The summed E-state index contributed by atoms with van der Waals surface area (Å²) in [6.45, 7) is 0.654. The number of cyclic esters (lactones) is 1. The van der Waals surface area contributed by atoms with Gasteiger partial charge in [0.25, 0.3) is 0 Å². The maximum Gasteiger partial charge on any atom is 0.408 e. The van der Waals surface area contributed by atoms with Crippen molar-refractivity contribution in [2.45, 2.75) is 18.9 Å². The average molecular weight is 243 g/mol. The van der Waals surface area contributed by atoms with Gasteiger partial charge >= 0.3 is 12.0 Å². The number of halogens is 2. The van der Waals surface area contributed by atoms with Crippen LogP contribution in [0.25, 0.3) is 0 Å². The number of phenolic OH excluding ortho intramolecular Hbond substituents is 1. The van der Waals surface area contributed by atoms with Crippen LogP contribution < -0.4 is 5.32 Å². The van der Waals surface area contributed by atoms with E-state index in [1.54, 1.807) is 6.92 Å². The van der Waals surface area contributed by atoms with Gasteiger partial charge in [0.2, 0.25) is 0 Å². The number of rotatable bonds is 1. The maximum absolute atomic E-state index is 13.6. The molecule has 0 aromatic heterocycles. The van der Waals surface area contributed by atoms with Crippen LogP contribution in [0.5, 0.6) is 5.75 Å². The Hall–Kier alpha value is -1.85. The first-order valence-corrected chi connectivity index (χ1v) is 5.01. The van der Waals surface area contributed by atoms with Crippen LogP contribution >= 0.6 is 0 Å². The number of nitrogens with one attached hydrogen (secondary N) is 1. The highest BCUT2D eigenvalue weighted by atomic mass is 19.3. The van der Waals surface area contributed by atoms with Gasteiger partial charge < -0.3 is 15.2 Å². The third-order valence-corrected chi connectivity index (χ3v) is 2.63. The Bertz CT molecular complexity index is 462. The summed E-state index contributed by atoms with van der Waals surface area (Å²) in [5, 5.41) is 11.4. The topological polar surface area (TPSA) is 58.6 Å². The molecule has 17 heavy (non-hydrogen) atoms. The molecule has 0 spiro atoms. The smallest absolute Gasteiger partial charge is 0.408 e. The monoisotopic (exact) mass is 243 g/mol. The Kier molecular flexibility index (Phi) is 2.65. The number of carbonyl (C=O) groups is 1. The number of carbonyl (C=O) groups excluding carboxylic acids is 1. The van der Waals surface area contributed by atoms with Crippen LogP contribution in [0.3, 0.4) is 0 Å². The van der Waals surface area contributed by atoms with Crippen molar-refractivity contribution in [2.24, 2.45) is 0 Å². The molecule has 6 heteroatoms. The lowest BCUT2D eigenvalue weighted by Crippen LogP contribution is -2.49. The molecule has 1 heterocycles. The molecule has 92 valence electrons. The molecule has 1 amide bonds. The summed E-state index contributed by atoms with van der Waals surface area (Å²) in [6.07, 6.45) is -0.869. The molecule has 1 aromatic rings. The van der Waals surface area contributed by atoms with Crippen molar-refractivity contribution in [3.63, 3.8) is 0 Å². The Labute approximate surface area is 96.2 Å². The molecule has 0 unspecified atom stereocenters. The fourth-order valence-electron chi connectivity index (χ4n) is 1.70. The highest BCUT2D eigenvalue weighted by Gasteiger charge is 2.46. The lowest BCUT2D eigenvalue weighted by molar-refractivity contribution is -0.104. The molecule has 0 aliphatic carbocycles. The van der Waals surface area contributed by atoms with Gasteiger partial charge in [-0.15, -0.1) is 0 Å². The standard InChI is InChI=1S/C11H11F2NO3/c1-6-4-7(2-3-8(6)15)9-11(12,13)5-17-10(16)14-9/h2-4,9,15H,5H2,1H3,(H,14,16)/t9-/m0/s1. The zero-order valence-corrected chi connectivity index (χ0v) is 9.04. The Morgan fingerprint density at radius 3 is 2.88 bits per heavy atom. The van der Waals surface area contributed by atoms with Gasteiger partial charge in [-0.3, -0.25) is 0 Å². The van der Waals surface area contributed by atoms with Crippen molar-refractivity contribution < 1.29 is 23.4 Å². The minimum Gasteiger partial charge on any atom is -0.508 e. The minimum absolute atomic E-state index is 0.0236. The van der Waals surface area contributed by atoms with Crippen molar-refractivity contribution in [3.05, 3.63) is 29.3 Å². The summed E-state index contributed by atoms with van der Waals surface area (Å²) in [7, 11) is 0. The van der Waals surface area contributed by atoms with E-state index >= 15 is 0 Å². The molecular formula is C11H11F2NO3. The van der Waals surface area contributed by atoms with Gasteiger partial charge in [0, 0.05) is 0 Å². The van der Waals surface area contributed by atoms with Gasteiger partial charge in [-0.05, 0) is 24.1 Å². The fraction of sp³-hybridized carbons (Fsp3) is 0.364. The minimum atomic E-state index is -3.17. The Morgan fingerprint density at radius 2 is 2.24 bits per heavy atom. The number of hydrogen-bond donors (Lipinski definition) is 2. The van der Waals surface area contributed by atoms with E-state index in [4.69, 9.17) is 0 Å². The normalized spacial score (nSPS) is 22.8. The lowest BCUT2D eigenvalue weighted by atomic mass is 9.98. The first kappa shape index (κ1) is 11.6. The van der Waals surface area contributed by atoms with E-state index < -0.39 is 24.7 Å². The predicted molar refractivity (Wildman–Crippen MR) is 55.0 cm³/mol. The van der Waals surface area contributed by atoms with Crippen LogP contribution in [0.4, 0.5) is 13.6 Å². The molecule has 0 radical (unpaired) electrons. The second-order valence-corrected chi connectivity index (χ2v) is 3.96. The summed E-state index contributed by atoms with van der Waals surface area (Å²) >= 11 is 0. The quantitative estimate of drug-likeness (QED) is 0.794. The predicted octanol–water partition coefficient (Wildman–Crippen LogP) is 2.12. The van der Waals surface area contributed by atoms with Crippen molar-refractivity contribution in [1.29, 1.82) is 0 Å². The largest absolute Gasteiger partial charge is 0.508 e. The van der Waals surface area contributed by atoms with Gasteiger partial charge in [-0.1, -0.05) is 12.1 Å². The van der Waals surface area contributed by atoms with Crippen molar-refractivity contribution in [3.8, 4) is 5.75 Å². The Balaban J connectivity index is 2.36. The second kappa shape index (κ2) is 3.87. The molecular weight excluding hydrogens is 232 g/mol. The zero-order valence-electron chi connectivity index (χ0n) is 9.04. The van der Waals surface area contributed by atoms with E-state index in [-0.39, 0.29) is 11.3 Å². The van der Waals surface area contributed by atoms with Crippen molar-refractivity contribution in [2.75, 3.05) is 6.61 Å². The molecule has 1 aromatic carbocycles. The van der Waals surface area contributed by atoms with E-state index in [0.29, 0.717) is 5.56 Å². The van der Waals surface area contributed by atoms with E-state index in [0.717, 1.165) is 0 Å². The van der Waals surface area contributed by atoms with Crippen LogP contribution in [-0.2, 0) is 4.74 Å². The summed E-state index contributed by atoms with van der Waals surface area (Å²) in [5.41, 5.74) is 0.709. The van der Waals surface area contributed by atoms with Gasteiger partial charge in [-0.25, -0.2) is 13.6 Å². The van der Waals surface area contributed by atoms with E-state index in [1.165, 1.54) is 18.2 Å². The van der Waals surface area contributed by atoms with Gasteiger partial charge in [0.1, 0.15) is 11.8 Å².